The van der Waals surface area contributed by atoms with Crippen LogP contribution in [0, 0.1) is 0 Å². The van der Waals surface area contributed by atoms with Gasteiger partial charge in [-0.05, 0) is 0 Å². The van der Waals surface area contributed by atoms with Crippen molar-refractivity contribution in [1.82, 2.24) is 0 Å². The van der Waals surface area contributed by atoms with Crippen LogP contribution in [0.5, 0.6) is 0 Å². The second-order valence-electron chi connectivity index (χ2n) is 3.67. The van der Waals surface area contributed by atoms with Gasteiger partial charge >= 0.3 is 116 Å². The summed E-state index contributed by atoms with van der Waals surface area (Å²) in [4.78, 5) is 9.36. The molecule has 0 fully saturated rings. The van der Waals surface area contributed by atoms with Gasteiger partial charge in [-0.2, -0.15) is 0 Å². The van der Waals surface area contributed by atoms with E-state index in [1.807, 2.05) is 13.8 Å². The topological polar surface area (TPSA) is 58.3 Å². The SMILES string of the molecule is CCC[O][Ga-]([O]CCC)[O]/C(C)=C\C(=[OH+])OCC. The molecule has 18 heavy (non-hydrogen) atoms. The molecule has 0 spiro atoms. The average molecular weight is 318 g/mol. The maximum atomic E-state index is 9.36. The molecule has 0 bridgehead atoms. The monoisotopic (exact) mass is 317 g/mol. The first-order chi connectivity index (χ1) is 8.63. The van der Waals surface area contributed by atoms with E-state index in [0.29, 0.717) is 25.6 Å². The maximum absolute atomic E-state index is 9.36. The minimum atomic E-state index is -2.65. The Labute approximate surface area is 116 Å². The van der Waals surface area contributed by atoms with Crippen molar-refractivity contribution in [2.24, 2.45) is 0 Å². The van der Waals surface area contributed by atoms with E-state index in [-0.39, 0.29) is 5.97 Å². The first-order valence-electron chi connectivity index (χ1n) is 6.40. The molecule has 0 amide bonds. The van der Waals surface area contributed by atoms with Crippen molar-refractivity contribution in [3.63, 3.8) is 0 Å². The Bertz CT molecular complexity index is 247. The van der Waals surface area contributed by atoms with Crippen molar-refractivity contribution in [1.29, 1.82) is 0 Å². The summed E-state index contributed by atoms with van der Waals surface area (Å²) in [6.45, 7) is 9.32. The van der Waals surface area contributed by atoms with Gasteiger partial charge in [0.15, 0.2) is 0 Å². The van der Waals surface area contributed by atoms with Crippen molar-refractivity contribution in [3.8, 4) is 0 Å². The van der Waals surface area contributed by atoms with Gasteiger partial charge in [0, 0.05) is 0 Å². The van der Waals surface area contributed by atoms with E-state index in [1.165, 1.54) is 6.08 Å². The molecular weight excluding hydrogens is 294 g/mol. The Hall–Kier alpha value is -0.434. The normalized spacial score (nSPS) is 11.7. The molecule has 1 radical (unpaired) electrons. The minimum absolute atomic E-state index is 0.151. The Morgan fingerprint density at radius 3 is 2.11 bits per heavy atom. The van der Waals surface area contributed by atoms with Crippen LogP contribution >= 0.6 is 0 Å². The number of hydrogen-bond donors (Lipinski definition) is 0. The number of carbonyl (C=O) groups excluding carboxylic acids is 1. The van der Waals surface area contributed by atoms with Crippen LogP contribution in [-0.2, 0) is 15.3 Å². The van der Waals surface area contributed by atoms with Gasteiger partial charge in [-0.15, -0.1) is 0 Å². The molecule has 0 rings (SSSR count). The first-order valence-corrected chi connectivity index (χ1v) is 9.37. The third-order valence-electron chi connectivity index (χ3n) is 1.82. The van der Waals surface area contributed by atoms with Gasteiger partial charge < -0.3 is 0 Å². The number of esters is 1. The van der Waals surface area contributed by atoms with Gasteiger partial charge in [0.25, 0.3) is 0 Å². The molecular formula is C12H24GaO5. The summed E-state index contributed by atoms with van der Waals surface area (Å²) in [5, 5.41) is 0. The van der Waals surface area contributed by atoms with Gasteiger partial charge in [-0.3, -0.25) is 0 Å². The zero-order valence-corrected chi connectivity index (χ0v) is 14.2. The zero-order valence-electron chi connectivity index (χ0n) is 11.8. The van der Waals surface area contributed by atoms with Crippen molar-refractivity contribution in [3.05, 3.63) is 11.8 Å². The summed E-state index contributed by atoms with van der Waals surface area (Å²) in [5.74, 6) is 0.403. The van der Waals surface area contributed by atoms with E-state index < -0.39 is 17.3 Å². The fraction of sp³-hybridized carbons (Fsp3) is 0.750. The zero-order chi connectivity index (χ0) is 13.8. The second-order valence-corrected chi connectivity index (χ2v) is 6.78. The van der Waals surface area contributed by atoms with Crippen LogP contribution in [0.4, 0.5) is 0 Å². The number of hydrogen-bond acceptors (Lipinski definition) is 4. The molecule has 0 heterocycles. The van der Waals surface area contributed by atoms with E-state index >= 15 is 0 Å². The van der Waals surface area contributed by atoms with Crippen LogP contribution in [0.3, 0.4) is 0 Å². The molecule has 6 heteroatoms. The molecule has 0 aliphatic carbocycles. The van der Waals surface area contributed by atoms with Crippen LogP contribution in [-0.4, -0.2) is 47.9 Å². The van der Waals surface area contributed by atoms with Crippen LogP contribution in [0.15, 0.2) is 11.8 Å². The Balaban J connectivity index is 4.22. The molecule has 0 aromatic rings. The molecule has 0 aromatic heterocycles. The summed E-state index contributed by atoms with van der Waals surface area (Å²) < 4.78 is 21.7. The van der Waals surface area contributed by atoms with Gasteiger partial charge in [0.2, 0.25) is 0 Å². The van der Waals surface area contributed by atoms with E-state index in [4.69, 9.17) is 15.3 Å². The summed E-state index contributed by atoms with van der Waals surface area (Å²) in [7, 11) is 0. The van der Waals surface area contributed by atoms with Crippen LogP contribution in [0.25, 0.3) is 0 Å². The molecule has 1 N–H and O–H groups in total. The van der Waals surface area contributed by atoms with Gasteiger partial charge in [0.05, 0.1) is 0 Å². The fourth-order valence-electron chi connectivity index (χ4n) is 1.09. The Kier molecular flexibility index (Phi) is 11.4. The molecule has 0 saturated heterocycles. The van der Waals surface area contributed by atoms with E-state index in [9.17, 15) is 4.79 Å². The van der Waals surface area contributed by atoms with Crippen molar-refractivity contribution in [2.75, 3.05) is 19.8 Å². The summed E-state index contributed by atoms with van der Waals surface area (Å²) >= 11 is -2.65. The van der Waals surface area contributed by atoms with Crippen LogP contribution in [0.1, 0.15) is 40.5 Å². The Morgan fingerprint density at radius 1 is 1.11 bits per heavy atom. The summed E-state index contributed by atoms with van der Waals surface area (Å²) in [5.41, 5.74) is 0. The average Bonchev–Trinajstić information content (AvgIpc) is 2.32. The first kappa shape index (κ1) is 17.6. The number of rotatable bonds is 10. The predicted molar refractivity (Wildman–Crippen MR) is 71.7 cm³/mol. The molecule has 0 saturated carbocycles. The molecule has 105 valence electrons. The van der Waals surface area contributed by atoms with Gasteiger partial charge in [0.1, 0.15) is 0 Å². The molecule has 0 aromatic carbocycles. The van der Waals surface area contributed by atoms with Crippen molar-refractivity contribution >= 4 is 23.3 Å². The fourth-order valence-corrected chi connectivity index (χ4v) is 4.16. The third-order valence-corrected chi connectivity index (χ3v) is 5.13. The molecule has 0 atom stereocenters. The summed E-state index contributed by atoms with van der Waals surface area (Å²) in [6, 6.07) is 0. The molecule has 0 unspecified atom stereocenters. The standard InChI is InChI=1S/C6H10O3.2C3H7O.Ga/c1-3-9-6(8)4-5(2)7;2*1-2-3-4;/h4,7H,3H2,1-2H3;2*2-3H2,1H3;/q;2*-1;+2/b5-4-;;;. The van der Waals surface area contributed by atoms with Crippen molar-refractivity contribution in [2.45, 2.75) is 40.5 Å². The molecule has 5 nitrogen and oxygen atoms in total. The third kappa shape index (κ3) is 9.58. The summed E-state index contributed by atoms with van der Waals surface area (Å²) in [6.07, 6.45) is 3.30. The number of ether oxygens (including phenoxy) is 1. The Morgan fingerprint density at radius 2 is 1.67 bits per heavy atom. The predicted octanol–water partition coefficient (Wildman–Crippen LogP) is 2.28. The van der Waals surface area contributed by atoms with E-state index in [2.05, 4.69) is 0 Å². The van der Waals surface area contributed by atoms with Gasteiger partial charge in [-0.1, -0.05) is 0 Å². The van der Waals surface area contributed by atoms with Gasteiger partial charge in [-0.25, -0.2) is 0 Å². The molecule has 0 aliphatic rings. The quantitative estimate of drug-likeness (QED) is 0.204. The van der Waals surface area contributed by atoms with Crippen LogP contribution in [0.2, 0.25) is 0 Å². The van der Waals surface area contributed by atoms with Crippen molar-refractivity contribution < 1.29 is 20.1 Å². The molecule has 0 aliphatic heterocycles. The number of allylic oxidation sites excluding steroid dienone is 1. The van der Waals surface area contributed by atoms with Crippen LogP contribution < -0.4 is 0 Å². The van der Waals surface area contributed by atoms with E-state index in [1.54, 1.807) is 13.8 Å². The second kappa shape index (κ2) is 11.6. The van der Waals surface area contributed by atoms with E-state index in [0.717, 1.165) is 12.8 Å².